The van der Waals surface area contributed by atoms with Gasteiger partial charge in [-0.25, -0.2) is 13.2 Å². The van der Waals surface area contributed by atoms with Crippen LogP contribution in [-0.2, 0) is 19.6 Å². The molecule has 2 aliphatic rings. The van der Waals surface area contributed by atoms with Gasteiger partial charge < -0.3 is 10.0 Å². The topological polar surface area (TPSA) is 95.0 Å². The molecular weight excluding hydrogens is 304 g/mol. The zero-order chi connectivity index (χ0) is 14.9. The number of hydrogen-bond donors (Lipinski definition) is 1. The normalized spacial score (nSPS) is 28.6. The molecule has 0 aliphatic carbocycles. The van der Waals surface area contributed by atoms with Crippen molar-refractivity contribution in [2.75, 3.05) is 24.4 Å². The predicted molar refractivity (Wildman–Crippen MR) is 74.8 cm³/mol. The van der Waals surface area contributed by atoms with Crippen LogP contribution in [0.2, 0.25) is 0 Å². The Bertz CT molecular complexity index is 507. The highest BCUT2D eigenvalue weighted by atomic mass is 32.2. The largest absolute Gasteiger partial charge is 0.480 e. The van der Waals surface area contributed by atoms with Gasteiger partial charge in [-0.2, -0.15) is 4.31 Å². The number of carboxylic acids is 1. The Hall–Kier alpha value is -0.800. The monoisotopic (exact) mass is 322 g/mol. The van der Waals surface area contributed by atoms with Crippen LogP contribution in [0, 0.1) is 0 Å². The Morgan fingerprint density at radius 2 is 1.95 bits per heavy atom. The van der Waals surface area contributed by atoms with Gasteiger partial charge in [-0.3, -0.25) is 4.79 Å². The highest BCUT2D eigenvalue weighted by Crippen LogP contribution is 2.27. The van der Waals surface area contributed by atoms with E-state index in [4.69, 9.17) is 5.11 Å². The molecule has 2 fully saturated rings. The second kappa shape index (κ2) is 5.90. The summed E-state index contributed by atoms with van der Waals surface area (Å²) in [5.41, 5.74) is 0. The van der Waals surface area contributed by atoms with Crippen molar-refractivity contribution in [1.82, 2.24) is 9.21 Å². The van der Waals surface area contributed by atoms with Gasteiger partial charge in [0.15, 0.2) is 0 Å². The van der Waals surface area contributed by atoms with Crippen LogP contribution in [0.15, 0.2) is 0 Å². The summed E-state index contributed by atoms with van der Waals surface area (Å²) in [6.07, 6.45) is 3.06. The van der Waals surface area contributed by atoms with E-state index in [1.54, 1.807) is 0 Å². The number of piperidine rings is 1. The molecule has 0 bridgehead atoms. The zero-order valence-corrected chi connectivity index (χ0v) is 12.8. The molecule has 20 heavy (non-hydrogen) atoms. The minimum absolute atomic E-state index is 0.309. The molecule has 2 heterocycles. The second-order valence-electron chi connectivity index (χ2n) is 5.05. The van der Waals surface area contributed by atoms with Crippen LogP contribution in [-0.4, -0.2) is 71.1 Å². The van der Waals surface area contributed by atoms with Crippen LogP contribution >= 0.6 is 11.8 Å². The van der Waals surface area contributed by atoms with Gasteiger partial charge >= 0.3 is 5.97 Å². The second-order valence-corrected chi connectivity index (χ2v) is 7.98. The van der Waals surface area contributed by atoms with Crippen LogP contribution in [0.1, 0.15) is 19.3 Å². The van der Waals surface area contributed by atoms with Crippen molar-refractivity contribution in [3.8, 4) is 0 Å². The third-order valence-electron chi connectivity index (χ3n) is 3.62. The zero-order valence-electron chi connectivity index (χ0n) is 11.2. The van der Waals surface area contributed by atoms with Crippen molar-refractivity contribution >= 4 is 33.7 Å². The number of carbonyl (C=O) groups is 2. The molecule has 1 N–H and O–H groups in total. The highest BCUT2D eigenvalue weighted by Gasteiger charge is 2.42. The van der Waals surface area contributed by atoms with Gasteiger partial charge in [-0.15, -0.1) is 11.8 Å². The van der Waals surface area contributed by atoms with Gasteiger partial charge in [-0.1, -0.05) is 6.42 Å². The molecule has 2 rings (SSSR count). The fourth-order valence-corrected chi connectivity index (χ4v) is 4.88. The van der Waals surface area contributed by atoms with E-state index in [0.717, 1.165) is 19.1 Å². The Morgan fingerprint density at radius 1 is 1.25 bits per heavy atom. The summed E-state index contributed by atoms with van der Waals surface area (Å²) in [6.45, 7) is 0.327. The van der Waals surface area contributed by atoms with Crippen molar-refractivity contribution in [2.24, 2.45) is 0 Å². The molecule has 114 valence electrons. The van der Waals surface area contributed by atoms with E-state index >= 15 is 0 Å². The number of sulfonamides is 1. The van der Waals surface area contributed by atoms with Gasteiger partial charge in [0, 0.05) is 12.3 Å². The lowest BCUT2D eigenvalue weighted by molar-refractivity contribution is -0.149. The summed E-state index contributed by atoms with van der Waals surface area (Å²) in [7, 11) is -3.46. The van der Waals surface area contributed by atoms with E-state index in [2.05, 4.69) is 0 Å². The number of thioether (sulfide) groups is 1. The number of hydrogen-bond acceptors (Lipinski definition) is 5. The highest BCUT2D eigenvalue weighted by molar-refractivity contribution is 7.99. The summed E-state index contributed by atoms with van der Waals surface area (Å²) in [5.74, 6) is -0.756. The lowest BCUT2D eigenvalue weighted by Gasteiger charge is -2.35. The molecule has 0 aromatic carbocycles. The average molecular weight is 322 g/mol. The van der Waals surface area contributed by atoms with Crippen molar-refractivity contribution < 1.29 is 23.1 Å². The average Bonchev–Trinajstić information content (AvgIpc) is 2.86. The molecule has 0 spiro atoms. The van der Waals surface area contributed by atoms with Crippen molar-refractivity contribution in [1.29, 1.82) is 0 Å². The summed E-state index contributed by atoms with van der Waals surface area (Å²) in [5, 5.41) is 9.12. The van der Waals surface area contributed by atoms with Gasteiger partial charge in [0.2, 0.25) is 15.9 Å². The molecule has 2 aliphatic heterocycles. The molecule has 0 saturated carbocycles. The summed E-state index contributed by atoms with van der Waals surface area (Å²) in [4.78, 5) is 24.9. The van der Waals surface area contributed by atoms with Crippen LogP contribution in [0.5, 0.6) is 0 Å². The molecule has 0 aromatic rings. The Morgan fingerprint density at radius 3 is 2.55 bits per heavy atom. The lowest BCUT2D eigenvalue weighted by atomic mass is 10.0. The van der Waals surface area contributed by atoms with Crippen molar-refractivity contribution in [3.05, 3.63) is 0 Å². The van der Waals surface area contributed by atoms with E-state index in [1.165, 1.54) is 21.0 Å². The van der Waals surface area contributed by atoms with Crippen LogP contribution in [0.25, 0.3) is 0 Å². The van der Waals surface area contributed by atoms with Gasteiger partial charge in [0.25, 0.3) is 0 Å². The fourth-order valence-electron chi connectivity index (χ4n) is 2.60. The number of carboxylic acid groups (broad SMARTS) is 1. The molecule has 7 nitrogen and oxygen atoms in total. The lowest BCUT2D eigenvalue weighted by Crippen LogP contribution is -2.55. The summed E-state index contributed by atoms with van der Waals surface area (Å²) >= 11 is 1.38. The van der Waals surface area contributed by atoms with Gasteiger partial charge in [0.05, 0.1) is 12.1 Å². The maximum Gasteiger partial charge on any atom is 0.327 e. The third-order valence-corrected chi connectivity index (χ3v) is 5.92. The number of rotatable bonds is 3. The summed E-state index contributed by atoms with van der Waals surface area (Å²) < 4.78 is 24.7. The fraction of sp³-hybridized carbons (Fsp3) is 0.818. The third kappa shape index (κ3) is 3.09. The van der Waals surface area contributed by atoms with Gasteiger partial charge in [-0.05, 0) is 12.8 Å². The summed E-state index contributed by atoms with van der Waals surface area (Å²) in [6, 6.07) is -1.60. The predicted octanol–water partition coefficient (Wildman–Crippen LogP) is -0.213. The number of nitrogens with zero attached hydrogens (tertiary/aromatic N) is 2. The van der Waals surface area contributed by atoms with E-state index in [-0.39, 0.29) is 5.91 Å². The van der Waals surface area contributed by atoms with Crippen molar-refractivity contribution in [2.45, 2.75) is 31.3 Å². The Kier molecular flexibility index (Phi) is 4.60. The molecule has 2 unspecified atom stereocenters. The molecule has 9 heteroatoms. The first kappa shape index (κ1) is 15.6. The Balaban J connectivity index is 2.20. The van der Waals surface area contributed by atoms with Crippen LogP contribution < -0.4 is 0 Å². The van der Waals surface area contributed by atoms with E-state index in [9.17, 15) is 18.0 Å². The maximum absolute atomic E-state index is 12.5. The van der Waals surface area contributed by atoms with E-state index in [0.29, 0.717) is 24.6 Å². The molecule has 0 radical (unpaired) electrons. The minimum Gasteiger partial charge on any atom is -0.480 e. The molecule has 2 atom stereocenters. The van der Waals surface area contributed by atoms with Crippen molar-refractivity contribution in [3.63, 3.8) is 0 Å². The van der Waals surface area contributed by atoms with E-state index in [1.807, 2.05) is 0 Å². The molecular formula is C11H18N2O5S2. The smallest absolute Gasteiger partial charge is 0.327 e. The number of aliphatic carboxylic acids is 1. The quantitative estimate of drug-likeness (QED) is 0.772. The first-order valence-electron chi connectivity index (χ1n) is 6.40. The SMILES string of the molecule is CS(=O)(=O)N1CCCCC1C(=O)N1CSCC1C(=O)O. The standard InChI is InChI=1S/C11H18N2O5S2/c1-20(17,18)13-5-3-2-4-8(13)10(14)12-7-19-6-9(12)11(15)16/h8-9H,2-7H2,1H3,(H,15,16). The first-order valence-corrected chi connectivity index (χ1v) is 9.40. The molecule has 0 aromatic heterocycles. The number of amides is 1. The van der Waals surface area contributed by atoms with Crippen LogP contribution in [0.3, 0.4) is 0 Å². The van der Waals surface area contributed by atoms with Gasteiger partial charge in [0.1, 0.15) is 12.1 Å². The first-order chi connectivity index (χ1) is 9.32. The Labute approximate surface area is 122 Å². The minimum atomic E-state index is -3.46. The molecule has 1 amide bonds. The molecule has 2 saturated heterocycles. The number of carbonyl (C=O) groups excluding carboxylic acids is 1. The van der Waals surface area contributed by atoms with Crippen LogP contribution in [0.4, 0.5) is 0 Å². The van der Waals surface area contributed by atoms with E-state index < -0.39 is 28.1 Å². The maximum atomic E-state index is 12.5.